The summed E-state index contributed by atoms with van der Waals surface area (Å²) in [6, 6.07) is 7.22. The van der Waals surface area contributed by atoms with Crippen LogP contribution in [0, 0.1) is 13.8 Å². The molecule has 5 nitrogen and oxygen atoms in total. The Morgan fingerprint density at radius 2 is 1.88 bits per heavy atom. The van der Waals surface area contributed by atoms with Crippen LogP contribution in [0.25, 0.3) is 0 Å². The summed E-state index contributed by atoms with van der Waals surface area (Å²) in [6.07, 6.45) is 0. The van der Waals surface area contributed by atoms with Crippen LogP contribution in [0.1, 0.15) is 41.7 Å². The zero-order chi connectivity index (χ0) is 18.8. The second-order valence-corrected chi connectivity index (χ2v) is 8.81. The molecule has 0 aliphatic heterocycles. The molecule has 1 heterocycles. The van der Waals surface area contributed by atoms with Gasteiger partial charge in [0, 0.05) is 14.9 Å². The van der Waals surface area contributed by atoms with Crippen molar-refractivity contribution in [2.45, 2.75) is 40.2 Å². The van der Waals surface area contributed by atoms with Crippen LogP contribution in [0.4, 0.5) is 5.13 Å². The Kier molecular flexibility index (Phi) is 6.00. The van der Waals surface area contributed by atoms with Gasteiger partial charge in [-0.2, -0.15) is 0 Å². The standard InChI is InChI=1S/C18H22BrN3O2S/c1-11-12(2)25-17(20-11)21-15(23)10-22(18(3,4)5)16(24)13-8-6-7-9-14(13)19/h6-9H,10H2,1-5H3,(H,20,21,23). The van der Waals surface area contributed by atoms with Crippen molar-refractivity contribution >= 4 is 44.2 Å². The number of carbonyl (C=O) groups excluding carboxylic acids is 2. The minimum Gasteiger partial charge on any atom is -0.324 e. The Balaban J connectivity index is 2.19. The Hall–Kier alpha value is -1.73. The van der Waals surface area contributed by atoms with E-state index < -0.39 is 5.54 Å². The van der Waals surface area contributed by atoms with Gasteiger partial charge in [-0.15, -0.1) is 11.3 Å². The molecule has 1 aromatic carbocycles. The molecule has 0 aliphatic carbocycles. The van der Waals surface area contributed by atoms with Crippen LogP contribution >= 0.6 is 27.3 Å². The number of rotatable bonds is 4. The van der Waals surface area contributed by atoms with Crippen LogP contribution < -0.4 is 5.32 Å². The number of halogens is 1. The van der Waals surface area contributed by atoms with E-state index in [4.69, 9.17) is 0 Å². The molecule has 0 spiro atoms. The highest BCUT2D eigenvalue weighted by Crippen LogP contribution is 2.24. The molecule has 0 fully saturated rings. The van der Waals surface area contributed by atoms with Gasteiger partial charge in [-0.3, -0.25) is 9.59 Å². The van der Waals surface area contributed by atoms with Crippen LogP contribution in [-0.4, -0.2) is 33.8 Å². The van der Waals surface area contributed by atoms with Crippen LogP contribution in [0.2, 0.25) is 0 Å². The van der Waals surface area contributed by atoms with Gasteiger partial charge in [0.1, 0.15) is 6.54 Å². The number of amides is 2. The van der Waals surface area contributed by atoms with Crippen molar-refractivity contribution in [2.75, 3.05) is 11.9 Å². The summed E-state index contributed by atoms with van der Waals surface area (Å²) >= 11 is 4.84. The van der Waals surface area contributed by atoms with Crippen molar-refractivity contribution in [1.82, 2.24) is 9.88 Å². The SMILES string of the molecule is Cc1nc(NC(=O)CN(C(=O)c2ccccc2Br)C(C)(C)C)sc1C. The van der Waals surface area contributed by atoms with E-state index >= 15 is 0 Å². The zero-order valence-corrected chi connectivity index (χ0v) is 17.4. The topological polar surface area (TPSA) is 62.3 Å². The number of carbonyl (C=O) groups is 2. The number of nitrogens with one attached hydrogen (secondary N) is 1. The predicted octanol–water partition coefficient (Wildman–Crippen LogP) is 4.40. The second kappa shape index (κ2) is 7.66. The van der Waals surface area contributed by atoms with Crippen LogP contribution in [0.5, 0.6) is 0 Å². The molecule has 0 radical (unpaired) electrons. The third kappa shape index (κ3) is 4.89. The summed E-state index contributed by atoms with van der Waals surface area (Å²) in [4.78, 5) is 32.4. The van der Waals surface area contributed by atoms with Gasteiger partial charge in [0.2, 0.25) is 5.91 Å². The Morgan fingerprint density at radius 1 is 1.24 bits per heavy atom. The maximum atomic E-state index is 13.0. The molecule has 134 valence electrons. The molecule has 0 unspecified atom stereocenters. The van der Waals surface area contributed by atoms with E-state index in [1.807, 2.05) is 46.8 Å². The Labute approximate surface area is 160 Å². The predicted molar refractivity (Wildman–Crippen MR) is 105 cm³/mol. The lowest BCUT2D eigenvalue weighted by Crippen LogP contribution is -2.49. The first-order chi connectivity index (χ1) is 11.6. The lowest BCUT2D eigenvalue weighted by molar-refractivity contribution is -0.117. The van der Waals surface area contributed by atoms with E-state index in [2.05, 4.69) is 26.2 Å². The third-order valence-electron chi connectivity index (χ3n) is 3.74. The van der Waals surface area contributed by atoms with Crippen molar-refractivity contribution in [3.8, 4) is 0 Å². The van der Waals surface area contributed by atoms with Crippen molar-refractivity contribution in [3.63, 3.8) is 0 Å². The summed E-state index contributed by atoms with van der Waals surface area (Å²) in [7, 11) is 0. The molecular weight excluding hydrogens is 402 g/mol. The van der Waals surface area contributed by atoms with E-state index in [0.29, 0.717) is 15.2 Å². The van der Waals surface area contributed by atoms with Crippen LogP contribution in [-0.2, 0) is 4.79 Å². The molecule has 0 aliphatic rings. The Bertz CT molecular complexity index is 776. The monoisotopic (exact) mass is 423 g/mol. The number of aromatic nitrogens is 1. The molecule has 2 amide bonds. The minimum atomic E-state index is -0.502. The lowest BCUT2D eigenvalue weighted by Gasteiger charge is -2.35. The number of hydrogen-bond acceptors (Lipinski definition) is 4. The molecule has 25 heavy (non-hydrogen) atoms. The number of hydrogen-bond donors (Lipinski definition) is 1. The molecule has 0 atom stereocenters. The zero-order valence-electron chi connectivity index (χ0n) is 15.0. The van der Waals surface area contributed by atoms with E-state index in [0.717, 1.165) is 10.6 Å². The smallest absolute Gasteiger partial charge is 0.255 e. The first kappa shape index (κ1) is 19.6. The molecule has 7 heteroatoms. The highest BCUT2D eigenvalue weighted by atomic mass is 79.9. The van der Waals surface area contributed by atoms with Gasteiger partial charge in [0.05, 0.1) is 11.3 Å². The Morgan fingerprint density at radius 3 is 2.40 bits per heavy atom. The second-order valence-electron chi connectivity index (χ2n) is 6.75. The summed E-state index contributed by atoms with van der Waals surface area (Å²) in [6.45, 7) is 9.55. The number of benzene rings is 1. The molecule has 0 saturated carbocycles. The first-order valence-corrected chi connectivity index (χ1v) is 9.51. The average molecular weight is 424 g/mol. The van der Waals surface area contributed by atoms with Gasteiger partial charge in [-0.25, -0.2) is 4.98 Å². The summed E-state index contributed by atoms with van der Waals surface area (Å²) in [5.74, 6) is -0.453. The highest BCUT2D eigenvalue weighted by Gasteiger charge is 2.30. The molecular formula is C18H22BrN3O2S. The van der Waals surface area contributed by atoms with Crippen molar-refractivity contribution < 1.29 is 9.59 Å². The molecule has 1 N–H and O–H groups in total. The fourth-order valence-corrected chi connectivity index (χ4v) is 3.51. The van der Waals surface area contributed by atoms with E-state index in [1.54, 1.807) is 17.0 Å². The summed E-state index contributed by atoms with van der Waals surface area (Å²) < 4.78 is 0.709. The van der Waals surface area contributed by atoms with Crippen molar-refractivity contribution in [3.05, 3.63) is 44.9 Å². The third-order valence-corrected chi connectivity index (χ3v) is 5.42. The number of thiazole rings is 1. The number of anilines is 1. The molecule has 0 saturated heterocycles. The van der Waals surface area contributed by atoms with Gasteiger partial charge >= 0.3 is 0 Å². The highest BCUT2D eigenvalue weighted by molar-refractivity contribution is 9.10. The maximum Gasteiger partial charge on any atom is 0.255 e. The van der Waals surface area contributed by atoms with E-state index in [1.165, 1.54) is 11.3 Å². The largest absolute Gasteiger partial charge is 0.324 e. The molecule has 1 aromatic heterocycles. The van der Waals surface area contributed by atoms with Crippen LogP contribution in [0.3, 0.4) is 0 Å². The quantitative estimate of drug-likeness (QED) is 0.792. The first-order valence-electron chi connectivity index (χ1n) is 7.90. The summed E-state index contributed by atoms with van der Waals surface area (Å²) in [5, 5.41) is 3.35. The minimum absolute atomic E-state index is 0.0403. The van der Waals surface area contributed by atoms with Crippen molar-refractivity contribution in [1.29, 1.82) is 0 Å². The fraction of sp³-hybridized carbons (Fsp3) is 0.389. The molecule has 2 aromatic rings. The van der Waals surface area contributed by atoms with Gasteiger partial charge in [-0.05, 0) is 62.7 Å². The van der Waals surface area contributed by atoms with Crippen LogP contribution in [0.15, 0.2) is 28.7 Å². The van der Waals surface area contributed by atoms with Gasteiger partial charge in [0.15, 0.2) is 5.13 Å². The maximum absolute atomic E-state index is 13.0. The number of aryl methyl sites for hydroxylation is 2. The molecule has 0 bridgehead atoms. The van der Waals surface area contributed by atoms with Crippen molar-refractivity contribution in [2.24, 2.45) is 0 Å². The summed E-state index contributed by atoms with van der Waals surface area (Å²) in [5.41, 5.74) is 0.932. The van der Waals surface area contributed by atoms with E-state index in [9.17, 15) is 9.59 Å². The number of nitrogens with zero attached hydrogens (tertiary/aromatic N) is 2. The normalized spacial score (nSPS) is 11.3. The lowest BCUT2D eigenvalue weighted by atomic mass is 10.0. The average Bonchev–Trinajstić information content (AvgIpc) is 2.81. The van der Waals surface area contributed by atoms with Gasteiger partial charge in [0.25, 0.3) is 5.91 Å². The molecule has 2 rings (SSSR count). The van der Waals surface area contributed by atoms with Gasteiger partial charge in [-0.1, -0.05) is 12.1 Å². The van der Waals surface area contributed by atoms with Gasteiger partial charge < -0.3 is 10.2 Å². The van der Waals surface area contributed by atoms with E-state index in [-0.39, 0.29) is 18.4 Å². The fourth-order valence-electron chi connectivity index (χ4n) is 2.22.